The van der Waals surface area contributed by atoms with Gasteiger partial charge in [-0.2, -0.15) is 0 Å². The summed E-state index contributed by atoms with van der Waals surface area (Å²) in [7, 11) is 0. The third kappa shape index (κ3) is 5.40. The Balaban J connectivity index is 1.17. The summed E-state index contributed by atoms with van der Waals surface area (Å²) in [5.41, 5.74) is -1.23. The van der Waals surface area contributed by atoms with Gasteiger partial charge in [-0.15, -0.1) is 0 Å². The van der Waals surface area contributed by atoms with Crippen molar-refractivity contribution in [1.82, 2.24) is 9.80 Å². The average Bonchev–Trinajstić information content (AvgIpc) is 3.46. The van der Waals surface area contributed by atoms with E-state index < -0.39 is 53.3 Å². The number of hydrogen-bond acceptors (Lipinski definition) is 9. The minimum atomic E-state index is -1.17. The first-order valence-electron chi connectivity index (χ1n) is 12.6. The van der Waals surface area contributed by atoms with E-state index in [1.165, 1.54) is 0 Å². The van der Waals surface area contributed by atoms with Crippen LogP contribution < -0.4 is 0 Å². The molecule has 2 saturated carbocycles. The number of esters is 2. The standard InChI is InChI=1S/C25H38N2O9/c1-24(2,3)35-22(31)26-9-13-7-16(26)18(13)20(29)33-11-15(28)12-34-21(30)19-14-8-17(19)27(10-14)23(32)36-25(4,5)6/h13-19,28H,7-12H2,1-6H3/t13-,14-,15?,16-,17-,18?,19?/m1/s1. The lowest BCUT2D eigenvalue weighted by molar-refractivity contribution is -0.163. The molecule has 2 aliphatic carbocycles. The highest BCUT2D eigenvalue weighted by Crippen LogP contribution is 2.48. The molecule has 2 unspecified atom stereocenters. The second-order valence-corrected chi connectivity index (χ2v) is 12.4. The second-order valence-electron chi connectivity index (χ2n) is 12.4. The second kappa shape index (κ2) is 9.39. The van der Waals surface area contributed by atoms with Gasteiger partial charge < -0.3 is 33.9 Å². The van der Waals surface area contributed by atoms with Gasteiger partial charge in [0.2, 0.25) is 0 Å². The van der Waals surface area contributed by atoms with E-state index in [4.69, 9.17) is 18.9 Å². The molecule has 36 heavy (non-hydrogen) atoms. The van der Waals surface area contributed by atoms with Crippen LogP contribution in [0.3, 0.4) is 0 Å². The molecule has 4 saturated heterocycles. The van der Waals surface area contributed by atoms with E-state index in [1.807, 2.05) is 0 Å². The molecule has 11 nitrogen and oxygen atoms in total. The van der Waals surface area contributed by atoms with Gasteiger partial charge in [0.15, 0.2) is 0 Å². The van der Waals surface area contributed by atoms with E-state index in [1.54, 1.807) is 51.3 Å². The Kier molecular flexibility index (Phi) is 6.91. The van der Waals surface area contributed by atoms with Crippen molar-refractivity contribution in [2.75, 3.05) is 26.3 Å². The zero-order valence-electron chi connectivity index (χ0n) is 21.9. The summed E-state index contributed by atoms with van der Waals surface area (Å²) in [6.45, 7) is 11.0. The molecule has 6 aliphatic rings. The van der Waals surface area contributed by atoms with Crippen molar-refractivity contribution in [3.63, 3.8) is 0 Å². The largest absolute Gasteiger partial charge is 0.463 e. The number of amides is 2. The highest BCUT2D eigenvalue weighted by Gasteiger charge is 2.59. The first kappa shape index (κ1) is 26.5. The van der Waals surface area contributed by atoms with E-state index in [2.05, 4.69) is 0 Å². The van der Waals surface area contributed by atoms with Crippen LogP contribution in [0.25, 0.3) is 0 Å². The molecule has 0 aromatic carbocycles. The van der Waals surface area contributed by atoms with Crippen molar-refractivity contribution in [2.24, 2.45) is 23.7 Å². The van der Waals surface area contributed by atoms with E-state index in [0.717, 1.165) is 12.8 Å². The molecule has 4 aliphatic heterocycles. The van der Waals surface area contributed by atoms with Crippen molar-refractivity contribution in [3.05, 3.63) is 0 Å². The smallest absolute Gasteiger partial charge is 0.410 e. The Morgan fingerprint density at radius 2 is 1.11 bits per heavy atom. The average molecular weight is 511 g/mol. The van der Waals surface area contributed by atoms with Crippen molar-refractivity contribution >= 4 is 24.1 Å². The molecule has 2 amide bonds. The van der Waals surface area contributed by atoms with Crippen molar-refractivity contribution in [2.45, 2.75) is 83.8 Å². The quantitative estimate of drug-likeness (QED) is 0.420. The van der Waals surface area contributed by atoms with Crippen LogP contribution in [0.5, 0.6) is 0 Å². The van der Waals surface area contributed by atoms with Gasteiger partial charge in [0, 0.05) is 25.2 Å². The van der Waals surface area contributed by atoms with Crippen LogP contribution in [-0.4, -0.2) is 94.7 Å². The molecule has 0 spiro atoms. The monoisotopic (exact) mass is 510 g/mol. The fourth-order valence-corrected chi connectivity index (χ4v) is 5.60. The lowest BCUT2D eigenvalue weighted by atomic mass is 9.74. The maximum Gasteiger partial charge on any atom is 0.410 e. The van der Waals surface area contributed by atoms with Crippen LogP contribution in [0, 0.1) is 23.7 Å². The lowest BCUT2D eigenvalue weighted by Gasteiger charge is -2.35. The number of nitrogens with zero attached hydrogens (tertiary/aromatic N) is 2. The normalized spacial score (nSPS) is 31.2. The fourth-order valence-electron chi connectivity index (χ4n) is 5.60. The van der Waals surface area contributed by atoms with E-state index in [0.29, 0.717) is 13.1 Å². The van der Waals surface area contributed by atoms with Crippen LogP contribution in [0.15, 0.2) is 0 Å². The molecular formula is C25H38N2O9. The van der Waals surface area contributed by atoms with Gasteiger partial charge >= 0.3 is 24.1 Å². The number of carbonyl (C=O) groups is 4. The van der Waals surface area contributed by atoms with Crippen LogP contribution in [0.2, 0.25) is 0 Å². The SMILES string of the molecule is CC(C)(C)OC(=O)N1C[C@H]2C[C@@H]1C2C(=O)OCC(O)COC(=O)C1[C@@H]2C[C@H]1N(C(=O)OC(C)(C)C)C2. The van der Waals surface area contributed by atoms with E-state index in [-0.39, 0.29) is 37.1 Å². The molecule has 202 valence electrons. The minimum absolute atomic E-state index is 0.0204. The predicted octanol–water partition coefficient (Wildman–Crippen LogP) is 1.94. The first-order chi connectivity index (χ1) is 16.6. The number of rotatable bonds is 6. The number of fused-ring (bicyclic) bond motifs is 2. The molecule has 6 rings (SSSR count). The van der Waals surface area contributed by atoms with Gasteiger partial charge in [-0.3, -0.25) is 9.59 Å². The molecule has 11 heteroatoms. The van der Waals surface area contributed by atoms with Crippen LogP contribution in [-0.2, 0) is 28.5 Å². The molecule has 6 atom stereocenters. The van der Waals surface area contributed by atoms with Crippen LogP contribution in [0.1, 0.15) is 54.4 Å². The molecule has 0 aromatic heterocycles. The Bertz CT molecular complexity index is 836. The summed E-state index contributed by atoms with van der Waals surface area (Å²) < 4.78 is 21.4. The Morgan fingerprint density at radius 3 is 1.44 bits per heavy atom. The maximum absolute atomic E-state index is 12.6. The van der Waals surface area contributed by atoms with Gasteiger partial charge in [-0.05, 0) is 66.2 Å². The molecule has 0 aromatic rings. The summed E-state index contributed by atoms with van der Waals surface area (Å²) in [4.78, 5) is 53.0. The zero-order chi connectivity index (χ0) is 26.6. The Morgan fingerprint density at radius 1 is 0.750 bits per heavy atom. The number of hydrogen-bond donors (Lipinski definition) is 1. The topological polar surface area (TPSA) is 132 Å². The zero-order valence-corrected chi connectivity index (χ0v) is 21.9. The van der Waals surface area contributed by atoms with Crippen LogP contribution in [0.4, 0.5) is 9.59 Å². The lowest BCUT2D eigenvalue weighted by Crippen LogP contribution is -2.48. The Labute approximate surface area is 211 Å². The summed E-state index contributed by atoms with van der Waals surface area (Å²) in [6.07, 6.45) is -0.593. The third-order valence-electron chi connectivity index (χ3n) is 7.23. The summed E-state index contributed by atoms with van der Waals surface area (Å²) >= 11 is 0. The van der Waals surface area contributed by atoms with Gasteiger partial charge in [0.05, 0.1) is 11.8 Å². The number of carbonyl (C=O) groups excluding carboxylic acids is 4. The molecule has 6 fully saturated rings. The number of ether oxygens (including phenoxy) is 4. The van der Waals surface area contributed by atoms with Crippen molar-refractivity contribution in [3.8, 4) is 0 Å². The molecule has 0 radical (unpaired) electrons. The summed E-state index contributed by atoms with van der Waals surface area (Å²) in [5, 5.41) is 10.2. The summed E-state index contributed by atoms with van der Waals surface area (Å²) in [5.74, 6) is -1.78. The van der Waals surface area contributed by atoms with Gasteiger partial charge in [0.25, 0.3) is 0 Å². The van der Waals surface area contributed by atoms with Gasteiger partial charge in [-0.1, -0.05) is 0 Å². The van der Waals surface area contributed by atoms with E-state index >= 15 is 0 Å². The van der Waals surface area contributed by atoms with E-state index in [9.17, 15) is 24.3 Å². The van der Waals surface area contributed by atoms with Crippen molar-refractivity contribution in [1.29, 1.82) is 0 Å². The molecule has 4 heterocycles. The van der Waals surface area contributed by atoms with Gasteiger partial charge in [0.1, 0.15) is 30.5 Å². The summed E-state index contributed by atoms with van der Waals surface area (Å²) in [6, 6.07) is -0.510. The molecule has 4 bridgehead atoms. The van der Waals surface area contributed by atoms with Crippen molar-refractivity contribution < 1.29 is 43.2 Å². The highest BCUT2D eigenvalue weighted by atomic mass is 16.6. The van der Waals surface area contributed by atoms with Gasteiger partial charge in [-0.25, -0.2) is 9.59 Å². The number of aliphatic hydroxyl groups is 1. The molecule has 1 N–H and O–H groups in total. The Hall–Kier alpha value is -2.56. The maximum atomic E-state index is 12.6. The first-order valence-corrected chi connectivity index (χ1v) is 12.6. The number of aliphatic hydroxyl groups excluding tert-OH is 1. The predicted molar refractivity (Wildman–Crippen MR) is 125 cm³/mol. The van der Waals surface area contributed by atoms with Crippen LogP contribution >= 0.6 is 0 Å². The fraction of sp³-hybridized carbons (Fsp3) is 0.840. The third-order valence-corrected chi connectivity index (χ3v) is 7.23. The minimum Gasteiger partial charge on any atom is -0.463 e. The highest BCUT2D eigenvalue weighted by molar-refractivity contribution is 5.80. The molecular weight excluding hydrogens is 472 g/mol.